The molecule has 0 aromatic rings. The molecule has 0 unspecified atom stereocenters. The largest absolute Gasteiger partial charge is 0.290 e. The quantitative estimate of drug-likeness (QED) is 0.326. The lowest BCUT2D eigenvalue weighted by atomic mass is 10.1. The summed E-state index contributed by atoms with van der Waals surface area (Å²) >= 11 is 0. The van der Waals surface area contributed by atoms with Crippen molar-refractivity contribution in [3.8, 4) is 0 Å². The van der Waals surface area contributed by atoms with Crippen LogP contribution in [0, 0.1) is 5.92 Å². The molecule has 0 heterocycles. The first-order valence-corrected chi connectivity index (χ1v) is 3.14. The summed E-state index contributed by atoms with van der Waals surface area (Å²) in [4.78, 5) is 34.1. The van der Waals surface area contributed by atoms with Gasteiger partial charge >= 0.3 is 0 Å². The zero-order chi connectivity index (χ0) is 8.85. The lowest BCUT2D eigenvalue weighted by molar-refractivity contribution is -0.134. The van der Waals surface area contributed by atoms with E-state index in [1.165, 1.54) is 0 Å². The van der Waals surface area contributed by atoms with E-state index in [4.69, 9.17) is 0 Å². The van der Waals surface area contributed by atoms with Crippen LogP contribution in [0.2, 0.25) is 0 Å². The highest BCUT2D eigenvalue weighted by atomic mass is 16.2. The maximum absolute atomic E-state index is 10.8. The zero-order valence-corrected chi connectivity index (χ0v) is 6.40. The Morgan fingerprint density at radius 1 is 1.36 bits per heavy atom. The number of hydrogen-bond donors (Lipinski definition) is 0. The number of rotatable bonds is 4. The zero-order valence-electron chi connectivity index (χ0n) is 6.40. The lowest BCUT2D eigenvalue weighted by Gasteiger charge is -1.96. The third kappa shape index (κ3) is 3.40. The normalized spacial score (nSPS) is 10.5. The number of carbonyl (C=O) groups excluding carboxylic acids is 3. The van der Waals surface area contributed by atoms with E-state index < -0.39 is 11.6 Å². The molecule has 4 heteroatoms. The molecule has 0 saturated heterocycles. The molecule has 0 aliphatic rings. The molecule has 0 spiro atoms. The first-order chi connectivity index (χ1) is 5.09. The number of aliphatic imine (C=N–C) groups is 1. The van der Waals surface area contributed by atoms with E-state index >= 15 is 0 Å². The topological polar surface area (TPSA) is 63.6 Å². The van der Waals surface area contributed by atoms with Gasteiger partial charge < -0.3 is 0 Å². The molecule has 0 bridgehead atoms. The average Bonchev–Trinajstić information content (AvgIpc) is 1.98. The predicted molar refractivity (Wildman–Crippen MR) is 39.4 cm³/mol. The third-order valence-corrected chi connectivity index (χ3v) is 1.02. The second kappa shape index (κ2) is 4.49. The molecular formula is C7H9NO3. The molecular weight excluding hydrogens is 146 g/mol. The first kappa shape index (κ1) is 9.68. The number of carbonyl (C=O) groups is 3. The van der Waals surface area contributed by atoms with Gasteiger partial charge in [0.1, 0.15) is 0 Å². The highest BCUT2D eigenvalue weighted by Gasteiger charge is 2.14. The summed E-state index contributed by atoms with van der Waals surface area (Å²) in [6.45, 7) is 3.21. The molecule has 0 rings (SSSR count). The Hall–Kier alpha value is -1.32. The number of Topliss-reactive ketones (excluding diaryl/α,β-unsaturated/α-hetero) is 2. The van der Waals surface area contributed by atoms with Gasteiger partial charge in [0, 0.05) is 5.92 Å². The molecule has 11 heavy (non-hydrogen) atoms. The molecule has 60 valence electrons. The Morgan fingerprint density at radius 3 is 2.27 bits per heavy atom. The molecule has 0 aliphatic heterocycles. The Balaban J connectivity index is 4.15. The molecule has 0 fully saturated rings. The summed E-state index contributed by atoms with van der Waals surface area (Å²) in [7, 11) is 0. The van der Waals surface area contributed by atoms with Gasteiger partial charge in [-0.3, -0.25) is 14.4 Å². The second-order valence-corrected chi connectivity index (χ2v) is 2.27. The minimum absolute atomic E-state index is 0.214. The van der Waals surface area contributed by atoms with Crippen molar-refractivity contribution >= 4 is 24.2 Å². The molecule has 0 radical (unpaired) electrons. The molecule has 1 amide bonds. The van der Waals surface area contributed by atoms with Gasteiger partial charge in [0.05, 0.1) is 6.21 Å². The molecule has 0 N–H and O–H groups in total. The summed E-state index contributed by atoms with van der Waals surface area (Å²) < 4.78 is 0. The van der Waals surface area contributed by atoms with Crippen molar-refractivity contribution in [2.75, 3.05) is 0 Å². The van der Waals surface area contributed by atoms with E-state index in [-0.39, 0.29) is 12.3 Å². The Labute approximate surface area is 64.3 Å². The van der Waals surface area contributed by atoms with E-state index in [1.54, 1.807) is 13.8 Å². The first-order valence-electron chi connectivity index (χ1n) is 3.14. The Kier molecular flexibility index (Phi) is 3.95. The molecule has 0 aromatic carbocycles. The van der Waals surface area contributed by atoms with Crippen molar-refractivity contribution in [3.05, 3.63) is 0 Å². The van der Waals surface area contributed by atoms with Crippen molar-refractivity contribution in [2.24, 2.45) is 10.9 Å². The summed E-state index contributed by atoms with van der Waals surface area (Å²) in [6.07, 6.45) is 0.945. The summed E-state index contributed by atoms with van der Waals surface area (Å²) in [5.74, 6) is -1.61. The fourth-order valence-corrected chi connectivity index (χ4v) is 0.446. The fourth-order valence-electron chi connectivity index (χ4n) is 0.446. The van der Waals surface area contributed by atoms with Crippen molar-refractivity contribution in [1.29, 1.82) is 0 Å². The Bertz CT molecular complexity index is 206. The number of hydrogen-bond acceptors (Lipinski definition) is 3. The van der Waals surface area contributed by atoms with Crippen LogP contribution in [-0.2, 0) is 14.4 Å². The minimum Gasteiger partial charge on any atom is -0.290 e. The molecule has 0 atom stereocenters. The van der Waals surface area contributed by atoms with Crippen molar-refractivity contribution in [2.45, 2.75) is 13.8 Å². The number of ketones is 2. The van der Waals surface area contributed by atoms with Crippen LogP contribution in [0.4, 0.5) is 0 Å². The van der Waals surface area contributed by atoms with Crippen LogP contribution in [0.5, 0.6) is 0 Å². The van der Waals surface area contributed by atoms with Gasteiger partial charge in [-0.05, 0) is 0 Å². The van der Waals surface area contributed by atoms with Crippen LogP contribution >= 0.6 is 0 Å². The van der Waals surface area contributed by atoms with Gasteiger partial charge in [-0.1, -0.05) is 13.8 Å². The van der Waals surface area contributed by atoms with Gasteiger partial charge in [0.25, 0.3) is 0 Å². The Morgan fingerprint density at radius 2 is 1.91 bits per heavy atom. The molecule has 0 aromatic heterocycles. The maximum atomic E-state index is 10.8. The van der Waals surface area contributed by atoms with Gasteiger partial charge in [-0.15, -0.1) is 0 Å². The summed E-state index contributed by atoms with van der Waals surface area (Å²) in [5.41, 5.74) is 0. The third-order valence-electron chi connectivity index (χ3n) is 1.02. The SMILES string of the molecule is CC(C)C(=O)C(=O)C=NC=O. The number of nitrogens with zero attached hydrogens (tertiary/aromatic N) is 1. The summed E-state index contributed by atoms with van der Waals surface area (Å²) in [5, 5.41) is 0. The smallest absolute Gasteiger partial charge is 0.239 e. The minimum atomic E-state index is -0.730. The van der Waals surface area contributed by atoms with E-state index in [0.29, 0.717) is 0 Å². The average molecular weight is 155 g/mol. The van der Waals surface area contributed by atoms with Gasteiger partial charge in [0.15, 0.2) is 0 Å². The highest BCUT2D eigenvalue weighted by Crippen LogP contribution is 1.93. The number of amides is 1. The van der Waals surface area contributed by atoms with Crippen molar-refractivity contribution < 1.29 is 14.4 Å². The van der Waals surface area contributed by atoms with Gasteiger partial charge in [-0.25, -0.2) is 4.99 Å². The molecule has 0 saturated carbocycles. The van der Waals surface area contributed by atoms with E-state index in [9.17, 15) is 14.4 Å². The summed E-state index contributed by atoms with van der Waals surface area (Å²) in [6, 6.07) is 0. The van der Waals surface area contributed by atoms with Crippen LogP contribution < -0.4 is 0 Å². The van der Waals surface area contributed by atoms with Gasteiger partial charge in [-0.2, -0.15) is 0 Å². The van der Waals surface area contributed by atoms with Crippen molar-refractivity contribution in [3.63, 3.8) is 0 Å². The second-order valence-electron chi connectivity index (χ2n) is 2.27. The molecule has 0 aliphatic carbocycles. The van der Waals surface area contributed by atoms with Gasteiger partial charge in [0.2, 0.25) is 18.0 Å². The van der Waals surface area contributed by atoms with Crippen LogP contribution in [-0.4, -0.2) is 24.2 Å². The van der Waals surface area contributed by atoms with Crippen LogP contribution in [0.15, 0.2) is 4.99 Å². The van der Waals surface area contributed by atoms with E-state index in [0.717, 1.165) is 6.21 Å². The standard InChI is InChI=1S/C7H9NO3/c1-5(2)7(11)6(10)3-8-4-9/h3-5H,1-2H3. The lowest BCUT2D eigenvalue weighted by Crippen LogP contribution is -2.20. The predicted octanol–water partition coefficient (Wildman–Crippen LogP) is 0.00780. The van der Waals surface area contributed by atoms with Crippen LogP contribution in [0.25, 0.3) is 0 Å². The van der Waals surface area contributed by atoms with Crippen LogP contribution in [0.1, 0.15) is 13.8 Å². The highest BCUT2D eigenvalue weighted by molar-refractivity contribution is 6.59. The fraction of sp³-hybridized carbons (Fsp3) is 0.429. The van der Waals surface area contributed by atoms with E-state index in [2.05, 4.69) is 4.99 Å². The molecule has 4 nitrogen and oxygen atoms in total. The maximum Gasteiger partial charge on any atom is 0.239 e. The van der Waals surface area contributed by atoms with Crippen LogP contribution in [0.3, 0.4) is 0 Å². The monoisotopic (exact) mass is 155 g/mol. The van der Waals surface area contributed by atoms with Crippen molar-refractivity contribution in [1.82, 2.24) is 0 Å². The van der Waals surface area contributed by atoms with E-state index in [1.807, 2.05) is 0 Å².